The predicted molar refractivity (Wildman–Crippen MR) is 101 cm³/mol. The lowest BCUT2D eigenvalue weighted by molar-refractivity contribution is -0.145. The average Bonchev–Trinajstić information content (AvgIpc) is 2.63. The van der Waals surface area contributed by atoms with Crippen LogP contribution in [0.25, 0.3) is 0 Å². The number of hydrogen-bond acceptors (Lipinski definition) is 10. The normalized spacial score (nSPS) is 14.8. The van der Waals surface area contributed by atoms with Crippen molar-refractivity contribution < 1.29 is 39.6 Å². The van der Waals surface area contributed by atoms with Gasteiger partial charge >= 0.3 is 11.9 Å². The topological polar surface area (TPSA) is 251 Å². The third-order valence-electron chi connectivity index (χ3n) is 4.33. The van der Waals surface area contributed by atoms with Gasteiger partial charge in [0.15, 0.2) is 23.0 Å². The van der Waals surface area contributed by atoms with Crippen LogP contribution in [-0.4, -0.2) is 79.4 Å². The Hall–Kier alpha value is -3.52. The first-order valence-electron chi connectivity index (χ1n) is 8.66. The summed E-state index contributed by atoms with van der Waals surface area (Å²) in [5.74, 6) is -8.03. The molecule has 0 saturated heterocycles. The highest BCUT2D eigenvalue weighted by Gasteiger charge is 2.29. The second-order valence-electron chi connectivity index (χ2n) is 6.47. The standard InChI is InChI=1S/C16H24N6O8/c1-5(7(3-23)15(27)28)19-13(25)9-11(17)22-10(12(18)21-9)14(26)20-6(2)8(4-24)16(29)30/h5-8,23-24H,3-4H2,1-2H3,(H2,18,21)(H2,17,22)(H,19,25)(H,20,26)(H,27,28)(H,29,30)/t5-,6-,7-,8?/m0/s1. The monoisotopic (exact) mass is 428 g/mol. The Balaban J connectivity index is 3.03. The predicted octanol–water partition coefficient (Wildman–Crippen LogP) is -2.74. The van der Waals surface area contributed by atoms with E-state index in [9.17, 15) is 19.2 Å². The Labute approximate surface area is 170 Å². The third kappa shape index (κ3) is 5.74. The van der Waals surface area contributed by atoms with Gasteiger partial charge in [0.25, 0.3) is 11.8 Å². The van der Waals surface area contributed by atoms with Gasteiger partial charge in [0.05, 0.1) is 25.0 Å². The number of aliphatic hydroxyl groups excluding tert-OH is 2. The zero-order chi connectivity index (χ0) is 23.2. The Morgan fingerprint density at radius 3 is 1.33 bits per heavy atom. The number of carboxylic acids is 2. The second-order valence-corrected chi connectivity index (χ2v) is 6.47. The van der Waals surface area contributed by atoms with Crippen molar-refractivity contribution in [1.29, 1.82) is 0 Å². The van der Waals surface area contributed by atoms with Crippen LogP contribution < -0.4 is 22.1 Å². The average molecular weight is 428 g/mol. The molecular weight excluding hydrogens is 404 g/mol. The lowest BCUT2D eigenvalue weighted by atomic mass is 10.0. The largest absolute Gasteiger partial charge is 0.481 e. The van der Waals surface area contributed by atoms with Crippen LogP contribution in [0.2, 0.25) is 0 Å². The number of nitrogens with one attached hydrogen (secondary N) is 2. The molecule has 0 bridgehead atoms. The summed E-state index contributed by atoms with van der Waals surface area (Å²) in [7, 11) is 0. The zero-order valence-corrected chi connectivity index (χ0v) is 16.2. The molecule has 0 aliphatic heterocycles. The van der Waals surface area contributed by atoms with Crippen molar-refractivity contribution in [1.82, 2.24) is 20.6 Å². The number of nitrogen functional groups attached to an aromatic ring is 2. The first-order chi connectivity index (χ1) is 13.9. The van der Waals surface area contributed by atoms with E-state index in [2.05, 4.69) is 20.6 Å². The van der Waals surface area contributed by atoms with Crippen LogP contribution in [0.1, 0.15) is 34.8 Å². The van der Waals surface area contributed by atoms with Gasteiger partial charge in [-0.15, -0.1) is 0 Å². The maximum Gasteiger partial charge on any atom is 0.310 e. The highest BCUT2D eigenvalue weighted by Crippen LogP contribution is 2.15. The molecule has 1 unspecified atom stereocenters. The van der Waals surface area contributed by atoms with Crippen LogP contribution in [0.15, 0.2) is 0 Å². The molecule has 10 N–H and O–H groups in total. The summed E-state index contributed by atoms with van der Waals surface area (Å²) < 4.78 is 0. The van der Waals surface area contributed by atoms with Crippen LogP contribution in [0.3, 0.4) is 0 Å². The molecular formula is C16H24N6O8. The van der Waals surface area contributed by atoms with Gasteiger partial charge in [0.2, 0.25) is 0 Å². The van der Waals surface area contributed by atoms with Crippen LogP contribution in [-0.2, 0) is 9.59 Å². The van der Waals surface area contributed by atoms with Gasteiger partial charge in [-0.25, -0.2) is 9.97 Å². The molecule has 1 aromatic rings. The third-order valence-corrected chi connectivity index (χ3v) is 4.33. The van der Waals surface area contributed by atoms with E-state index in [0.29, 0.717) is 0 Å². The van der Waals surface area contributed by atoms with E-state index in [4.69, 9.17) is 31.9 Å². The van der Waals surface area contributed by atoms with Crippen molar-refractivity contribution in [2.24, 2.45) is 11.8 Å². The van der Waals surface area contributed by atoms with Crippen LogP contribution >= 0.6 is 0 Å². The highest BCUT2D eigenvalue weighted by atomic mass is 16.4. The Kier molecular flexibility index (Phi) is 8.43. The smallest absolute Gasteiger partial charge is 0.310 e. The number of nitrogens with two attached hydrogens (primary N) is 2. The van der Waals surface area contributed by atoms with Gasteiger partial charge in [0, 0.05) is 12.1 Å². The molecule has 0 spiro atoms. The first kappa shape index (κ1) is 24.5. The van der Waals surface area contributed by atoms with Crippen molar-refractivity contribution >= 4 is 35.4 Å². The summed E-state index contributed by atoms with van der Waals surface area (Å²) in [6, 6.07) is -1.98. The number of carboxylic acid groups (broad SMARTS) is 2. The molecule has 0 fully saturated rings. The molecule has 1 heterocycles. The van der Waals surface area contributed by atoms with Crippen molar-refractivity contribution in [2.45, 2.75) is 25.9 Å². The number of hydrogen-bond donors (Lipinski definition) is 8. The minimum atomic E-state index is -1.33. The fraction of sp³-hybridized carbons (Fsp3) is 0.500. The maximum absolute atomic E-state index is 12.3. The SMILES string of the molecule is C[C@H](NC(=O)c1nc(N)c(C(=O)N[C@@H](C)[C@H](CO)C(=O)O)nc1N)C(CO)C(=O)O. The van der Waals surface area contributed by atoms with E-state index in [1.807, 2.05) is 0 Å². The van der Waals surface area contributed by atoms with E-state index >= 15 is 0 Å². The Morgan fingerprint density at radius 1 is 0.800 bits per heavy atom. The molecule has 14 heteroatoms. The van der Waals surface area contributed by atoms with E-state index in [-0.39, 0.29) is 0 Å². The fourth-order valence-electron chi connectivity index (χ4n) is 2.45. The lowest BCUT2D eigenvalue weighted by Crippen LogP contribution is -2.44. The summed E-state index contributed by atoms with van der Waals surface area (Å²) in [6.45, 7) is 1.26. The zero-order valence-electron chi connectivity index (χ0n) is 16.2. The van der Waals surface area contributed by atoms with E-state index < -0.39 is 83.9 Å². The number of rotatable bonds is 10. The number of carbonyl (C=O) groups excluding carboxylic acids is 2. The van der Waals surface area contributed by atoms with Gasteiger partial charge in [-0.1, -0.05) is 0 Å². The van der Waals surface area contributed by atoms with E-state index in [1.165, 1.54) is 13.8 Å². The van der Waals surface area contributed by atoms with E-state index in [1.54, 1.807) is 0 Å². The van der Waals surface area contributed by atoms with Gasteiger partial charge in [-0.05, 0) is 13.8 Å². The van der Waals surface area contributed by atoms with E-state index in [0.717, 1.165) is 0 Å². The first-order valence-corrected chi connectivity index (χ1v) is 8.66. The minimum absolute atomic E-state index is 0.468. The number of anilines is 2. The van der Waals surface area contributed by atoms with Crippen molar-refractivity contribution in [3.63, 3.8) is 0 Å². The molecule has 30 heavy (non-hydrogen) atoms. The van der Waals surface area contributed by atoms with Crippen molar-refractivity contribution in [2.75, 3.05) is 24.7 Å². The van der Waals surface area contributed by atoms with Crippen LogP contribution in [0, 0.1) is 11.8 Å². The molecule has 14 nitrogen and oxygen atoms in total. The molecule has 1 rings (SSSR count). The highest BCUT2D eigenvalue weighted by molar-refractivity contribution is 6.01. The summed E-state index contributed by atoms with van der Waals surface area (Å²) in [5.41, 5.74) is 10.4. The summed E-state index contributed by atoms with van der Waals surface area (Å²) in [5, 5.41) is 40.8. The molecule has 0 aliphatic rings. The summed E-state index contributed by atoms with van der Waals surface area (Å²) in [6.07, 6.45) is 0. The van der Waals surface area contributed by atoms with Gasteiger partial charge in [-0.3, -0.25) is 19.2 Å². The molecule has 0 radical (unpaired) electrons. The van der Waals surface area contributed by atoms with Crippen molar-refractivity contribution in [3.8, 4) is 0 Å². The fourth-order valence-corrected chi connectivity index (χ4v) is 2.45. The number of amides is 2. The van der Waals surface area contributed by atoms with Gasteiger partial charge in [-0.2, -0.15) is 0 Å². The Morgan fingerprint density at radius 2 is 1.10 bits per heavy atom. The molecule has 0 saturated carbocycles. The van der Waals surface area contributed by atoms with Crippen LogP contribution in [0.4, 0.5) is 11.6 Å². The molecule has 4 atom stereocenters. The molecule has 1 aromatic heterocycles. The quantitative estimate of drug-likeness (QED) is 0.189. The number of aliphatic hydroxyl groups is 2. The molecule has 0 aromatic carbocycles. The maximum atomic E-state index is 12.3. The number of aromatic nitrogens is 2. The molecule has 2 amide bonds. The van der Waals surface area contributed by atoms with Crippen LogP contribution in [0.5, 0.6) is 0 Å². The minimum Gasteiger partial charge on any atom is -0.481 e. The lowest BCUT2D eigenvalue weighted by Gasteiger charge is -2.20. The molecule has 0 aliphatic carbocycles. The number of aliphatic carboxylic acids is 2. The van der Waals surface area contributed by atoms with Gasteiger partial charge < -0.3 is 42.5 Å². The molecule has 166 valence electrons. The Bertz CT molecular complexity index is 764. The number of carbonyl (C=O) groups is 4. The van der Waals surface area contributed by atoms with Crippen molar-refractivity contribution in [3.05, 3.63) is 11.4 Å². The summed E-state index contributed by atoms with van der Waals surface area (Å²) in [4.78, 5) is 54.2. The number of nitrogens with zero attached hydrogens (tertiary/aromatic N) is 2. The second kappa shape index (κ2) is 10.3. The van der Waals surface area contributed by atoms with Gasteiger partial charge in [0.1, 0.15) is 0 Å². The summed E-state index contributed by atoms with van der Waals surface area (Å²) >= 11 is 0.